The molecule has 1 N–H and O–H groups in total. The van der Waals surface area contributed by atoms with Crippen LogP contribution in [0.5, 0.6) is 0 Å². The molecule has 3 aromatic rings. The molecule has 2 amide bonds. The summed E-state index contributed by atoms with van der Waals surface area (Å²) >= 11 is 7.16. The summed E-state index contributed by atoms with van der Waals surface area (Å²) in [6.45, 7) is 2.66. The highest BCUT2D eigenvalue weighted by atomic mass is 35.5. The monoisotopic (exact) mass is 452 g/mol. The Hall–Kier alpha value is -3.03. The molecule has 2 heterocycles. The van der Waals surface area contributed by atoms with Crippen LogP contribution in [0.25, 0.3) is 6.08 Å². The Labute approximate surface area is 189 Å². The Morgan fingerprint density at radius 2 is 1.94 bits per heavy atom. The van der Waals surface area contributed by atoms with E-state index in [-0.39, 0.29) is 17.7 Å². The molecule has 1 atom stereocenters. The number of halogens is 1. The van der Waals surface area contributed by atoms with Crippen LogP contribution in [-0.4, -0.2) is 28.6 Å². The number of nitrogens with zero attached hydrogens (tertiary/aromatic N) is 3. The Kier molecular flexibility index (Phi) is 6.44. The molecule has 6 nitrogen and oxygen atoms in total. The van der Waals surface area contributed by atoms with Crippen molar-refractivity contribution in [2.75, 3.05) is 16.8 Å². The van der Waals surface area contributed by atoms with E-state index in [1.807, 2.05) is 36.4 Å². The molecule has 0 radical (unpaired) electrons. The summed E-state index contributed by atoms with van der Waals surface area (Å²) in [6.07, 6.45) is 4.48. The lowest BCUT2D eigenvalue weighted by molar-refractivity contribution is -0.117. The summed E-state index contributed by atoms with van der Waals surface area (Å²) < 4.78 is 0. The number of aromatic nitrogens is 2. The van der Waals surface area contributed by atoms with E-state index in [2.05, 4.69) is 22.4 Å². The van der Waals surface area contributed by atoms with Gasteiger partial charge >= 0.3 is 0 Å². The van der Waals surface area contributed by atoms with Crippen LogP contribution in [0, 0.1) is 0 Å². The number of aryl methyl sites for hydroxylation is 1. The van der Waals surface area contributed by atoms with Gasteiger partial charge in [0.15, 0.2) is 0 Å². The Morgan fingerprint density at radius 1 is 1.19 bits per heavy atom. The molecule has 1 aliphatic rings. The molecular weight excluding hydrogens is 432 g/mol. The minimum Gasteiger partial charge on any atom is -0.312 e. The number of rotatable bonds is 6. The third-order valence-corrected chi connectivity index (χ3v) is 6.35. The first-order valence-electron chi connectivity index (χ1n) is 9.99. The van der Waals surface area contributed by atoms with E-state index in [9.17, 15) is 9.59 Å². The maximum atomic E-state index is 12.5. The lowest BCUT2D eigenvalue weighted by Gasteiger charge is -2.16. The normalized spacial score (nSPS) is 16.3. The third kappa shape index (κ3) is 5.18. The standard InChI is InChI=1S/C23H21ClN4O2S/c1-2-15-5-10-19(11-6-15)28-14-17(13-21(28)30)22-26-27-23(31-22)25-20(29)12-7-16-3-8-18(24)9-4-16/h3-12,17H,2,13-14H2,1H3,(H,25,27,29)/b12-7+. The van der Waals surface area contributed by atoms with E-state index in [0.717, 1.165) is 22.7 Å². The van der Waals surface area contributed by atoms with Gasteiger partial charge in [-0.25, -0.2) is 0 Å². The lowest BCUT2D eigenvalue weighted by Crippen LogP contribution is -2.24. The molecule has 158 valence electrons. The van der Waals surface area contributed by atoms with Gasteiger partial charge in [-0.2, -0.15) is 0 Å². The van der Waals surface area contributed by atoms with E-state index in [1.165, 1.54) is 23.0 Å². The topological polar surface area (TPSA) is 75.2 Å². The molecule has 0 saturated carbocycles. The Bertz CT molecular complexity index is 1110. The van der Waals surface area contributed by atoms with Gasteiger partial charge in [-0.3, -0.25) is 14.9 Å². The minimum atomic E-state index is -0.294. The minimum absolute atomic E-state index is 0.0360. The summed E-state index contributed by atoms with van der Waals surface area (Å²) in [6, 6.07) is 15.2. The van der Waals surface area contributed by atoms with Crippen LogP contribution in [0.3, 0.4) is 0 Å². The summed E-state index contributed by atoms with van der Waals surface area (Å²) in [5.74, 6) is -0.259. The van der Waals surface area contributed by atoms with E-state index in [0.29, 0.717) is 23.1 Å². The summed E-state index contributed by atoms with van der Waals surface area (Å²) in [4.78, 5) is 26.5. The van der Waals surface area contributed by atoms with Crippen LogP contribution < -0.4 is 10.2 Å². The SMILES string of the molecule is CCc1ccc(N2CC(c3nnc(NC(=O)/C=C/c4ccc(Cl)cc4)s3)CC2=O)cc1. The number of amides is 2. The van der Waals surface area contributed by atoms with Crippen molar-refractivity contribution in [2.24, 2.45) is 0 Å². The van der Waals surface area contributed by atoms with Gasteiger partial charge in [0.05, 0.1) is 0 Å². The predicted octanol–water partition coefficient (Wildman–Crippen LogP) is 4.93. The highest BCUT2D eigenvalue weighted by molar-refractivity contribution is 7.15. The molecule has 0 spiro atoms. The first-order chi connectivity index (χ1) is 15.0. The first kappa shape index (κ1) is 21.2. The zero-order chi connectivity index (χ0) is 21.8. The van der Waals surface area contributed by atoms with Crippen molar-refractivity contribution in [3.63, 3.8) is 0 Å². The zero-order valence-corrected chi connectivity index (χ0v) is 18.5. The molecule has 1 fully saturated rings. The molecule has 31 heavy (non-hydrogen) atoms. The number of benzene rings is 2. The summed E-state index contributed by atoms with van der Waals surface area (Å²) in [5, 5.41) is 12.8. The third-order valence-electron chi connectivity index (χ3n) is 5.10. The fourth-order valence-corrected chi connectivity index (χ4v) is 4.34. The maximum Gasteiger partial charge on any atom is 0.250 e. The van der Waals surface area contributed by atoms with Gasteiger partial charge in [-0.05, 0) is 47.9 Å². The molecule has 1 aromatic heterocycles. The Balaban J connectivity index is 1.37. The number of carbonyl (C=O) groups excluding carboxylic acids is 2. The average Bonchev–Trinajstić information content (AvgIpc) is 3.40. The second kappa shape index (κ2) is 9.41. The van der Waals surface area contributed by atoms with Crippen molar-refractivity contribution in [1.29, 1.82) is 0 Å². The van der Waals surface area contributed by atoms with Gasteiger partial charge in [0.25, 0.3) is 0 Å². The summed E-state index contributed by atoms with van der Waals surface area (Å²) in [7, 11) is 0. The van der Waals surface area contributed by atoms with Crippen molar-refractivity contribution in [1.82, 2.24) is 10.2 Å². The average molecular weight is 453 g/mol. The smallest absolute Gasteiger partial charge is 0.250 e. The molecule has 0 aliphatic carbocycles. The van der Waals surface area contributed by atoms with Crippen LogP contribution >= 0.6 is 22.9 Å². The number of carbonyl (C=O) groups is 2. The van der Waals surface area contributed by atoms with E-state index in [4.69, 9.17) is 11.6 Å². The van der Waals surface area contributed by atoms with Crippen molar-refractivity contribution in [3.05, 3.63) is 75.8 Å². The second-order valence-corrected chi connectivity index (χ2v) is 8.69. The van der Waals surface area contributed by atoms with Crippen molar-refractivity contribution in [3.8, 4) is 0 Å². The zero-order valence-electron chi connectivity index (χ0n) is 16.9. The quantitative estimate of drug-likeness (QED) is 0.538. The second-order valence-electron chi connectivity index (χ2n) is 7.24. The predicted molar refractivity (Wildman–Crippen MR) is 125 cm³/mol. The number of hydrogen-bond acceptors (Lipinski definition) is 5. The Morgan fingerprint density at radius 3 is 2.65 bits per heavy atom. The molecule has 1 aliphatic heterocycles. The fraction of sp³-hybridized carbons (Fsp3) is 0.217. The van der Waals surface area contributed by atoms with Gasteiger partial charge in [-0.15, -0.1) is 10.2 Å². The van der Waals surface area contributed by atoms with E-state index in [1.54, 1.807) is 23.1 Å². The van der Waals surface area contributed by atoms with Crippen LogP contribution in [0.1, 0.15) is 35.4 Å². The van der Waals surface area contributed by atoms with Crippen LogP contribution in [0.2, 0.25) is 5.02 Å². The van der Waals surface area contributed by atoms with E-state index >= 15 is 0 Å². The molecule has 1 unspecified atom stereocenters. The van der Waals surface area contributed by atoms with E-state index < -0.39 is 0 Å². The fourth-order valence-electron chi connectivity index (χ4n) is 3.38. The highest BCUT2D eigenvalue weighted by Gasteiger charge is 2.33. The molecule has 4 rings (SSSR count). The lowest BCUT2D eigenvalue weighted by atomic mass is 10.1. The molecule has 1 saturated heterocycles. The van der Waals surface area contributed by atoms with Crippen molar-refractivity contribution < 1.29 is 9.59 Å². The molecule has 0 bridgehead atoms. The maximum absolute atomic E-state index is 12.5. The van der Waals surface area contributed by atoms with Crippen LogP contribution in [-0.2, 0) is 16.0 Å². The van der Waals surface area contributed by atoms with Gasteiger partial charge in [0.1, 0.15) is 5.01 Å². The van der Waals surface area contributed by atoms with Crippen LogP contribution in [0.4, 0.5) is 10.8 Å². The largest absolute Gasteiger partial charge is 0.312 e. The van der Waals surface area contributed by atoms with Crippen molar-refractivity contribution >= 4 is 51.6 Å². The molecule has 2 aromatic carbocycles. The van der Waals surface area contributed by atoms with Gasteiger partial charge in [-0.1, -0.05) is 54.1 Å². The molecule has 8 heteroatoms. The van der Waals surface area contributed by atoms with Crippen molar-refractivity contribution in [2.45, 2.75) is 25.7 Å². The molecular formula is C23H21ClN4O2S. The number of hydrogen-bond donors (Lipinski definition) is 1. The highest BCUT2D eigenvalue weighted by Crippen LogP contribution is 2.34. The number of nitrogens with one attached hydrogen (secondary N) is 1. The van der Waals surface area contributed by atoms with Gasteiger partial charge < -0.3 is 4.90 Å². The first-order valence-corrected chi connectivity index (χ1v) is 11.2. The summed E-state index contributed by atoms with van der Waals surface area (Å²) in [5.41, 5.74) is 3.01. The van der Waals surface area contributed by atoms with Gasteiger partial charge in [0.2, 0.25) is 16.9 Å². The van der Waals surface area contributed by atoms with Gasteiger partial charge in [0, 0.05) is 35.7 Å². The number of anilines is 2. The van der Waals surface area contributed by atoms with Crippen LogP contribution in [0.15, 0.2) is 54.6 Å².